The fourth-order valence-electron chi connectivity index (χ4n) is 4.02. The van der Waals surface area contributed by atoms with E-state index in [0.29, 0.717) is 12.4 Å². The number of halogens is 1. The van der Waals surface area contributed by atoms with E-state index in [9.17, 15) is 0 Å². The predicted molar refractivity (Wildman–Crippen MR) is 127 cm³/mol. The van der Waals surface area contributed by atoms with Crippen LogP contribution in [-0.4, -0.2) is 31.1 Å². The Morgan fingerprint density at radius 2 is 1.93 bits per heavy atom. The van der Waals surface area contributed by atoms with E-state index in [-0.39, 0.29) is 29.4 Å². The lowest BCUT2D eigenvalue weighted by molar-refractivity contribution is 0.371. The van der Waals surface area contributed by atoms with Gasteiger partial charge in [-0.15, -0.1) is 24.0 Å². The molecule has 3 rings (SSSR count). The van der Waals surface area contributed by atoms with Gasteiger partial charge in [0, 0.05) is 24.1 Å². The summed E-state index contributed by atoms with van der Waals surface area (Å²) in [5, 5.41) is 6.89. The maximum absolute atomic E-state index is 5.66. The van der Waals surface area contributed by atoms with Crippen LogP contribution in [0.3, 0.4) is 0 Å². The number of oxazole rings is 1. The molecule has 7 heteroatoms. The van der Waals surface area contributed by atoms with Crippen molar-refractivity contribution in [2.45, 2.75) is 58.4 Å². The van der Waals surface area contributed by atoms with Crippen LogP contribution in [0.25, 0.3) is 0 Å². The van der Waals surface area contributed by atoms with Gasteiger partial charge in [-0.25, -0.2) is 9.98 Å². The first-order valence-corrected chi connectivity index (χ1v) is 10.2. The molecule has 1 heterocycles. The van der Waals surface area contributed by atoms with Crippen LogP contribution in [0.5, 0.6) is 5.75 Å². The number of methoxy groups -OCH3 is 1. The lowest BCUT2D eigenvalue weighted by atomic mass is 9.78. The molecule has 0 aliphatic heterocycles. The van der Waals surface area contributed by atoms with E-state index in [1.54, 1.807) is 7.11 Å². The number of guanidine groups is 1. The fourth-order valence-corrected chi connectivity index (χ4v) is 4.02. The molecule has 160 valence electrons. The Bertz CT molecular complexity index is 793. The van der Waals surface area contributed by atoms with Gasteiger partial charge in [-0.05, 0) is 39.7 Å². The molecule has 6 nitrogen and oxygen atoms in total. The van der Waals surface area contributed by atoms with Crippen molar-refractivity contribution in [1.29, 1.82) is 0 Å². The Labute approximate surface area is 190 Å². The third kappa shape index (κ3) is 5.65. The average molecular weight is 512 g/mol. The Morgan fingerprint density at radius 1 is 1.21 bits per heavy atom. The lowest BCUT2D eigenvalue weighted by Gasteiger charge is -2.32. The van der Waals surface area contributed by atoms with Gasteiger partial charge < -0.3 is 19.8 Å². The van der Waals surface area contributed by atoms with E-state index >= 15 is 0 Å². The molecule has 0 spiro atoms. The van der Waals surface area contributed by atoms with E-state index in [1.807, 2.05) is 19.9 Å². The molecule has 1 aliphatic carbocycles. The highest BCUT2D eigenvalue weighted by Gasteiger charge is 2.37. The number of aromatic nitrogens is 1. The number of para-hydroxylation sites is 1. The first kappa shape index (κ1) is 23.5. The zero-order chi connectivity index (χ0) is 20.0. The zero-order valence-corrected chi connectivity index (χ0v) is 20.2. The molecular weight excluding hydrogens is 479 g/mol. The fraction of sp³-hybridized carbons (Fsp3) is 0.545. The lowest BCUT2D eigenvalue weighted by Crippen LogP contribution is -2.44. The maximum atomic E-state index is 5.66. The highest BCUT2D eigenvalue weighted by Crippen LogP contribution is 2.44. The number of aryl methyl sites for hydroxylation is 2. The molecule has 1 fully saturated rings. The van der Waals surface area contributed by atoms with Crippen molar-refractivity contribution in [3.8, 4) is 5.75 Å². The van der Waals surface area contributed by atoms with E-state index in [0.717, 1.165) is 49.1 Å². The summed E-state index contributed by atoms with van der Waals surface area (Å²) in [7, 11) is 1.75. The van der Waals surface area contributed by atoms with Gasteiger partial charge in [-0.2, -0.15) is 0 Å². The van der Waals surface area contributed by atoms with Crippen LogP contribution in [0.2, 0.25) is 0 Å². The van der Waals surface area contributed by atoms with Gasteiger partial charge in [-0.1, -0.05) is 31.0 Å². The molecule has 0 radical (unpaired) electrons. The number of nitrogens with one attached hydrogen (secondary N) is 2. The van der Waals surface area contributed by atoms with Crippen LogP contribution < -0.4 is 15.4 Å². The molecule has 29 heavy (non-hydrogen) atoms. The van der Waals surface area contributed by atoms with Gasteiger partial charge >= 0.3 is 0 Å². The van der Waals surface area contributed by atoms with Crippen LogP contribution in [-0.2, 0) is 12.0 Å². The SMILES string of the molecule is CCNC(=NCc1nc(C)c(C)o1)NCC1(c2ccccc2OC)CCCC1.I. The molecule has 0 bridgehead atoms. The predicted octanol–water partition coefficient (Wildman–Crippen LogP) is 4.49. The first-order chi connectivity index (χ1) is 13.6. The molecule has 0 saturated heterocycles. The van der Waals surface area contributed by atoms with Gasteiger partial charge in [0.2, 0.25) is 5.89 Å². The van der Waals surface area contributed by atoms with Crippen LogP contribution in [0.4, 0.5) is 0 Å². The minimum Gasteiger partial charge on any atom is -0.496 e. The number of rotatable bonds is 7. The van der Waals surface area contributed by atoms with Crippen LogP contribution >= 0.6 is 24.0 Å². The van der Waals surface area contributed by atoms with Gasteiger partial charge in [0.05, 0.1) is 12.8 Å². The molecule has 0 atom stereocenters. The number of benzene rings is 1. The summed E-state index contributed by atoms with van der Waals surface area (Å²) >= 11 is 0. The minimum absolute atomic E-state index is 0. The van der Waals surface area contributed by atoms with Crippen LogP contribution in [0, 0.1) is 13.8 Å². The highest BCUT2D eigenvalue weighted by molar-refractivity contribution is 14.0. The highest BCUT2D eigenvalue weighted by atomic mass is 127. The average Bonchev–Trinajstić information content (AvgIpc) is 3.31. The third-order valence-electron chi connectivity index (χ3n) is 5.62. The summed E-state index contributed by atoms with van der Waals surface area (Å²) < 4.78 is 11.3. The quantitative estimate of drug-likeness (QED) is 0.325. The van der Waals surface area contributed by atoms with E-state index in [1.165, 1.54) is 18.4 Å². The smallest absolute Gasteiger partial charge is 0.216 e. The summed E-state index contributed by atoms with van der Waals surface area (Å²) in [6.07, 6.45) is 4.78. The Morgan fingerprint density at radius 3 is 2.55 bits per heavy atom. The van der Waals surface area contributed by atoms with Gasteiger partial charge in [0.1, 0.15) is 18.1 Å². The second-order valence-electron chi connectivity index (χ2n) is 7.49. The Hall–Kier alpha value is -1.77. The third-order valence-corrected chi connectivity index (χ3v) is 5.62. The number of aliphatic imine (C=N–C) groups is 1. The molecular formula is C22H33IN4O2. The van der Waals surface area contributed by atoms with E-state index < -0.39 is 0 Å². The standard InChI is InChI=1S/C22H32N4O2.HI/c1-5-23-21(24-14-20-26-16(2)17(3)28-20)25-15-22(12-8-9-13-22)18-10-6-7-11-19(18)27-4;/h6-7,10-11H,5,8-9,12-15H2,1-4H3,(H2,23,24,25);1H. The van der Waals surface area contributed by atoms with Crippen molar-refractivity contribution in [2.75, 3.05) is 20.2 Å². The second-order valence-corrected chi connectivity index (χ2v) is 7.49. The van der Waals surface area contributed by atoms with Crippen molar-refractivity contribution < 1.29 is 9.15 Å². The molecule has 1 saturated carbocycles. The number of nitrogens with zero attached hydrogens (tertiary/aromatic N) is 2. The molecule has 2 N–H and O–H groups in total. The molecule has 1 aliphatic rings. The van der Waals surface area contributed by atoms with Crippen molar-refractivity contribution >= 4 is 29.9 Å². The molecule has 2 aromatic rings. The summed E-state index contributed by atoms with van der Waals surface area (Å²) in [5.74, 6) is 3.26. The topological polar surface area (TPSA) is 71.7 Å². The number of ether oxygens (including phenoxy) is 1. The van der Waals surface area contributed by atoms with Gasteiger partial charge in [-0.3, -0.25) is 0 Å². The summed E-state index contributed by atoms with van der Waals surface area (Å²) in [4.78, 5) is 9.09. The molecule has 0 amide bonds. The summed E-state index contributed by atoms with van der Waals surface area (Å²) in [6, 6.07) is 8.39. The molecule has 0 unspecified atom stereocenters. The van der Waals surface area contributed by atoms with Crippen molar-refractivity contribution in [3.63, 3.8) is 0 Å². The number of hydrogen-bond donors (Lipinski definition) is 2. The zero-order valence-electron chi connectivity index (χ0n) is 17.9. The second kappa shape index (κ2) is 10.8. The summed E-state index contributed by atoms with van der Waals surface area (Å²) in [6.45, 7) is 8.00. The van der Waals surface area contributed by atoms with E-state index in [4.69, 9.17) is 9.15 Å². The monoisotopic (exact) mass is 512 g/mol. The maximum Gasteiger partial charge on any atom is 0.216 e. The van der Waals surface area contributed by atoms with Gasteiger partial charge in [0.25, 0.3) is 0 Å². The van der Waals surface area contributed by atoms with Crippen molar-refractivity contribution in [3.05, 3.63) is 47.2 Å². The van der Waals surface area contributed by atoms with Crippen LogP contribution in [0.15, 0.2) is 33.7 Å². The minimum atomic E-state index is 0. The van der Waals surface area contributed by atoms with Gasteiger partial charge in [0.15, 0.2) is 5.96 Å². The number of hydrogen-bond acceptors (Lipinski definition) is 4. The largest absolute Gasteiger partial charge is 0.496 e. The first-order valence-electron chi connectivity index (χ1n) is 10.2. The molecule has 1 aromatic heterocycles. The van der Waals surface area contributed by atoms with E-state index in [2.05, 4.69) is 45.7 Å². The van der Waals surface area contributed by atoms with Crippen molar-refractivity contribution in [1.82, 2.24) is 15.6 Å². The summed E-state index contributed by atoms with van der Waals surface area (Å²) in [5.41, 5.74) is 2.28. The Kier molecular flexibility index (Phi) is 8.79. The molecule has 1 aromatic carbocycles. The van der Waals surface area contributed by atoms with Crippen LogP contribution in [0.1, 0.15) is 55.5 Å². The van der Waals surface area contributed by atoms with Crippen molar-refractivity contribution in [2.24, 2.45) is 4.99 Å². The normalized spacial score (nSPS) is 15.7. The Balaban J connectivity index is 0.00000300.